The summed E-state index contributed by atoms with van der Waals surface area (Å²) < 4.78 is 5.19. The Balaban J connectivity index is 1.85. The van der Waals surface area contributed by atoms with E-state index in [-0.39, 0.29) is 11.8 Å². The van der Waals surface area contributed by atoms with Crippen LogP contribution in [0.4, 0.5) is 0 Å². The highest BCUT2D eigenvalue weighted by atomic mass is 16.5. The molecule has 1 atom stereocenters. The molecule has 0 radical (unpaired) electrons. The van der Waals surface area contributed by atoms with Gasteiger partial charge in [0.15, 0.2) is 0 Å². The van der Waals surface area contributed by atoms with Crippen LogP contribution in [0.2, 0.25) is 0 Å². The van der Waals surface area contributed by atoms with E-state index in [2.05, 4.69) is 20.3 Å². The molecule has 1 saturated heterocycles. The second-order valence-electron chi connectivity index (χ2n) is 4.24. The lowest BCUT2D eigenvalue weighted by Crippen LogP contribution is -2.18. The normalized spacial score (nSPS) is 19.5. The molecule has 3 rings (SSSR count). The number of amides is 1. The highest BCUT2D eigenvalue weighted by Crippen LogP contribution is 2.27. The minimum atomic E-state index is -0.0274. The number of likely N-dealkylation sites (N-methyl/N-ethyl adjacent to an activating group) is 1. The molecule has 18 heavy (non-hydrogen) atoms. The van der Waals surface area contributed by atoms with Crippen molar-refractivity contribution in [3.05, 3.63) is 24.2 Å². The summed E-state index contributed by atoms with van der Waals surface area (Å²) in [5.41, 5.74) is 0.560. The molecule has 92 valence electrons. The van der Waals surface area contributed by atoms with Gasteiger partial charge in [0.05, 0.1) is 5.92 Å². The number of carbonyl (C=O) groups excluding carboxylic acids is 1. The van der Waals surface area contributed by atoms with Crippen molar-refractivity contribution in [3.63, 3.8) is 0 Å². The van der Waals surface area contributed by atoms with Gasteiger partial charge in [-0.2, -0.15) is 10.1 Å². The van der Waals surface area contributed by atoms with E-state index in [1.807, 2.05) is 0 Å². The molecule has 1 fully saturated rings. The van der Waals surface area contributed by atoms with Gasteiger partial charge in [0.1, 0.15) is 5.69 Å². The van der Waals surface area contributed by atoms with Crippen LogP contribution in [0.25, 0.3) is 11.5 Å². The maximum atomic E-state index is 11.4. The SMILES string of the molecule is CN1C[C@H](c2nc(-c3cccnn3)no2)CC1=O. The van der Waals surface area contributed by atoms with E-state index in [9.17, 15) is 4.79 Å². The van der Waals surface area contributed by atoms with Crippen molar-refractivity contribution in [3.8, 4) is 11.5 Å². The fourth-order valence-corrected chi connectivity index (χ4v) is 1.95. The summed E-state index contributed by atoms with van der Waals surface area (Å²) in [6.07, 6.45) is 1.99. The summed E-state index contributed by atoms with van der Waals surface area (Å²) in [4.78, 5) is 17.4. The van der Waals surface area contributed by atoms with Gasteiger partial charge in [-0.25, -0.2) is 0 Å². The number of hydrogen-bond donors (Lipinski definition) is 0. The quantitative estimate of drug-likeness (QED) is 0.764. The van der Waals surface area contributed by atoms with Crippen molar-refractivity contribution in [1.82, 2.24) is 25.2 Å². The van der Waals surface area contributed by atoms with Gasteiger partial charge in [-0.1, -0.05) is 5.16 Å². The number of hydrogen-bond acceptors (Lipinski definition) is 6. The third kappa shape index (κ3) is 1.83. The van der Waals surface area contributed by atoms with Crippen molar-refractivity contribution in [2.24, 2.45) is 0 Å². The first-order valence-electron chi connectivity index (χ1n) is 5.59. The van der Waals surface area contributed by atoms with Crippen LogP contribution in [0.15, 0.2) is 22.9 Å². The van der Waals surface area contributed by atoms with Crippen molar-refractivity contribution >= 4 is 5.91 Å². The van der Waals surface area contributed by atoms with E-state index in [0.29, 0.717) is 30.4 Å². The number of carbonyl (C=O) groups is 1. The van der Waals surface area contributed by atoms with E-state index in [0.717, 1.165) is 0 Å². The Labute approximate surface area is 103 Å². The summed E-state index contributed by atoms with van der Waals surface area (Å²) in [6, 6.07) is 3.51. The average molecular weight is 245 g/mol. The third-order valence-electron chi connectivity index (χ3n) is 2.93. The van der Waals surface area contributed by atoms with Gasteiger partial charge in [-0.05, 0) is 12.1 Å². The van der Waals surface area contributed by atoms with Crippen molar-refractivity contribution in [2.75, 3.05) is 13.6 Å². The van der Waals surface area contributed by atoms with Gasteiger partial charge in [0.2, 0.25) is 17.6 Å². The highest BCUT2D eigenvalue weighted by molar-refractivity contribution is 5.79. The zero-order valence-electron chi connectivity index (χ0n) is 9.78. The molecule has 0 aromatic carbocycles. The Morgan fingerprint density at radius 2 is 2.39 bits per heavy atom. The third-order valence-corrected chi connectivity index (χ3v) is 2.93. The van der Waals surface area contributed by atoms with Crippen LogP contribution >= 0.6 is 0 Å². The second kappa shape index (κ2) is 4.17. The molecule has 1 amide bonds. The smallest absolute Gasteiger partial charge is 0.232 e. The molecule has 3 heterocycles. The van der Waals surface area contributed by atoms with Crippen LogP contribution in [0.5, 0.6) is 0 Å². The van der Waals surface area contributed by atoms with Gasteiger partial charge in [-0.3, -0.25) is 4.79 Å². The molecule has 7 heteroatoms. The average Bonchev–Trinajstić information content (AvgIpc) is 2.99. The number of likely N-dealkylation sites (tertiary alicyclic amines) is 1. The zero-order valence-corrected chi connectivity index (χ0v) is 9.78. The lowest BCUT2D eigenvalue weighted by atomic mass is 10.1. The van der Waals surface area contributed by atoms with Crippen molar-refractivity contribution < 1.29 is 9.32 Å². The summed E-state index contributed by atoms with van der Waals surface area (Å²) in [6.45, 7) is 0.612. The molecule has 2 aromatic heterocycles. The van der Waals surface area contributed by atoms with Crippen LogP contribution in [0.1, 0.15) is 18.2 Å². The molecule has 2 aromatic rings. The second-order valence-corrected chi connectivity index (χ2v) is 4.24. The van der Waals surface area contributed by atoms with Crippen molar-refractivity contribution in [1.29, 1.82) is 0 Å². The van der Waals surface area contributed by atoms with E-state index < -0.39 is 0 Å². The molecule has 1 aliphatic rings. The standard InChI is InChI=1S/C11H11N5O2/c1-16-6-7(5-9(16)17)11-13-10(15-18-11)8-3-2-4-12-14-8/h2-4,7H,5-6H2,1H3/t7-/m1/s1. The van der Waals surface area contributed by atoms with Crippen LogP contribution in [-0.4, -0.2) is 44.7 Å². The number of rotatable bonds is 2. The summed E-state index contributed by atoms with van der Waals surface area (Å²) in [5, 5.41) is 11.5. The first-order valence-corrected chi connectivity index (χ1v) is 5.59. The number of nitrogens with zero attached hydrogens (tertiary/aromatic N) is 5. The Bertz CT molecular complexity index is 568. The lowest BCUT2D eigenvalue weighted by molar-refractivity contribution is -0.126. The van der Waals surface area contributed by atoms with Crippen LogP contribution in [0.3, 0.4) is 0 Å². The van der Waals surface area contributed by atoms with E-state index in [4.69, 9.17) is 4.52 Å². The van der Waals surface area contributed by atoms with E-state index in [1.54, 1.807) is 30.3 Å². The molecule has 0 saturated carbocycles. The minimum absolute atomic E-state index is 0.0274. The molecule has 7 nitrogen and oxygen atoms in total. The minimum Gasteiger partial charge on any atom is -0.345 e. The topological polar surface area (TPSA) is 85.0 Å². The fraction of sp³-hybridized carbons (Fsp3) is 0.364. The molecule has 0 aliphatic carbocycles. The molecular weight excluding hydrogens is 234 g/mol. The van der Waals surface area contributed by atoms with Gasteiger partial charge >= 0.3 is 0 Å². The van der Waals surface area contributed by atoms with E-state index in [1.165, 1.54) is 0 Å². The predicted molar refractivity (Wildman–Crippen MR) is 60.3 cm³/mol. The molecule has 0 bridgehead atoms. The van der Waals surface area contributed by atoms with Crippen LogP contribution in [-0.2, 0) is 4.79 Å². The molecule has 0 N–H and O–H groups in total. The molecule has 0 unspecified atom stereocenters. The Hall–Kier alpha value is -2.31. The van der Waals surface area contributed by atoms with Crippen molar-refractivity contribution in [2.45, 2.75) is 12.3 Å². The summed E-state index contributed by atoms with van der Waals surface area (Å²) >= 11 is 0. The number of aromatic nitrogens is 4. The molecule has 1 aliphatic heterocycles. The van der Waals surface area contributed by atoms with Gasteiger partial charge in [0, 0.05) is 26.2 Å². The first kappa shape index (κ1) is 10.8. The Morgan fingerprint density at radius 3 is 3.06 bits per heavy atom. The molecular formula is C11H11N5O2. The maximum Gasteiger partial charge on any atom is 0.232 e. The monoisotopic (exact) mass is 245 g/mol. The largest absolute Gasteiger partial charge is 0.345 e. The van der Waals surface area contributed by atoms with Crippen LogP contribution in [0, 0.1) is 0 Å². The van der Waals surface area contributed by atoms with Gasteiger partial charge in [-0.15, -0.1) is 5.10 Å². The lowest BCUT2D eigenvalue weighted by Gasteiger charge is -2.05. The Kier molecular flexibility index (Phi) is 2.51. The Morgan fingerprint density at radius 1 is 1.50 bits per heavy atom. The summed E-state index contributed by atoms with van der Waals surface area (Å²) in [5.74, 6) is 0.952. The fourth-order valence-electron chi connectivity index (χ4n) is 1.95. The van der Waals surface area contributed by atoms with Crippen LogP contribution < -0.4 is 0 Å². The summed E-state index contributed by atoms with van der Waals surface area (Å²) in [7, 11) is 1.77. The van der Waals surface area contributed by atoms with Gasteiger partial charge < -0.3 is 9.42 Å². The zero-order chi connectivity index (χ0) is 12.5. The predicted octanol–water partition coefficient (Wildman–Crippen LogP) is 0.472. The van der Waals surface area contributed by atoms with E-state index >= 15 is 0 Å². The maximum absolute atomic E-state index is 11.4. The first-order chi connectivity index (χ1) is 8.74. The highest BCUT2D eigenvalue weighted by Gasteiger charge is 2.32. The van der Waals surface area contributed by atoms with Gasteiger partial charge in [0.25, 0.3) is 0 Å². The molecule has 0 spiro atoms.